The fourth-order valence-electron chi connectivity index (χ4n) is 2.89. The van der Waals surface area contributed by atoms with Gasteiger partial charge >= 0.3 is 0 Å². The molecule has 0 aliphatic carbocycles. The van der Waals surface area contributed by atoms with E-state index in [1.165, 1.54) is 0 Å². The topological polar surface area (TPSA) is 27.7 Å². The lowest BCUT2D eigenvalue weighted by atomic mass is 9.73. The van der Waals surface area contributed by atoms with E-state index in [4.69, 9.17) is 0 Å². The van der Waals surface area contributed by atoms with Crippen LogP contribution in [-0.2, 0) is 12.0 Å². The average Bonchev–Trinajstić information content (AvgIpc) is 2.47. The lowest BCUT2D eigenvalue weighted by Crippen LogP contribution is -2.50. The fraction of sp³-hybridized carbons (Fsp3) is 0.250. The summed E-state index contributed by atoms with van der Waals surface area (Å²) in [6.45, 7) is 1.01. The van der Waals surface area contributed by atoms with Crippen LogP contribution in [0.3, 0.4) is 0 Å². The van der Waals surface area contributed by atoms with Crippen molar-refractivity contribution in [1.29, 1.82) is 5.26 Å². The molecule has 2 aromatic rings. The van der Waals surface area contributed by atoms with Gasteiger partial charge in [0.2, 0.25) is 5.69 Å². The Morgan fingerprint density at radius 1 is 1.06 bits per heavy atom. The largest absolute Gasteiger partial charge is 0.206 e. The zero-order valence-corrected chi connectivity index (χ0v) is 10.2. The Morgan fingerprint density at radius 2 is 1.83 bits per heavy atom. The molecular formula is C16H15N2+. The first kappa shape index (κ1) is 11.0. The Balaban J connectivity index is 2.24. The maximum Gasteiger partial charge on any atom is 0.206 e. The molecule has 2 heterocycles. The number of benzene rings is 1. The van der Waals surface area contributed by atoms with Gasteiger partial charge in [-0.1, -0.05) is 36.4 Å². The molecule has 0 spiro atoms. The molecule has 18 heavy (non-hydrogen) atoms. The van der Waals surface area contributed by atoms with Gasteiger partial charge in [0, 0.05) is 18.6 Å². The first-order valence-electron chi connectivity index (χ1n) is 6.32. The number of hydrogen-bond acceptors (Lipinski definition) is 1. The van der Waals surface area contributed by atoms with E-state index in [1.54, 1.807) is 0 Å². The number of aryl methyl sites for hydroxylation is 1. The summed E-state index contributed by atoms with van der Waals surface area (Å²) in [4.78, 5) is 0. The Morgan fingerprint density at radius 3 is 2.61 bits per heavy atom. The third-order valence-electron chi connectivity index (χ3n) is 3.79. The van der Waals surface area contributed by atoms with Crippen LogP contribution in [0.25, 0.3) is 0 Å². The van der Waals surface area contributed by atoms with E-state index in [0.717, 1.165) is 30.6 Å². The van der Waals surface area contributed by atoms with Crippen molar-refractivity contribution in [1.82, 2.24) is 0 Å². The van der Waals surface area contributed by atoms with Gasteiger partial charge in [0.25, 0.3) is 0 Å². The summed E-state index contributed by atoms with van der Waals surface area (Å²) < 4.78 is 2.21. The maximum atomic E-state index is 9.78. The van der Waals surface area contributed by atoms with E-state index in [9.17, 15) is 5.26 Å². The summed E-state index contributed by atoms with van der Waals surface area (Å²) in [5.41, 5.74) is 1.73. The zero-order chi connectivity index (χ0) is 12.4. The first-order valence-corrected chi connectivity index (χ1v) is 6.32. The third-order valence-corrected chi connectivity index (χ3v) is 3.79. The second-order valence-electron chi connectivity index (χ2n) is 4.77. The number of nitrogens with zero attached hydrogens (tertiary/aromatic N) is 2. The predicted molar refractivity (Wildman–Crippen MR) is 68.7 cm³/mol. The second-order valence-corrected chi connectivity index (χ2v) is 4.77. The number of rotatable bonds is 1. The van der Waals surface area contributed by atoms with E-state index in [-0.39, 0.29) is 0 Å². The molecule has 0 bridgehead atoms. The Kier molecular flexibility index (Phi) is 2.60. The molecule has 2 nitrogen and oxygen atoms in total. The minimum Gasteiger partial charge on any atom is -0.201 e. The van der Waals surface area contributed by atoms with Gasteiger partial charge in [0.05, 0.1) is 6.07 Å². The molecule has 1 unspecified atom stereocenters. The molecule has 1 aromatic heterocycles. The molecule has 0 amide bonds. The van der Waals surface area contributed by atoms with Gasteiger partial charge in [0.15, 0.2) is 11.6 Å². The van der Waals surface area contributed by atoms with E-state index >= 15 is 0 Å². The van der Waals surface area contributed by atoms with Gasteiger partial charge in [-0.05, 0) is 12.0 Å². The van der Waals surface area contributed by atoms with Gasteiger partial charge in [0.1, 0.15) is 6.54 Å². The van der Waals surface area contributed by atoms with Gasteiger partial charge in [-0.3, -0.25) is 0 Å². The van der Waals surface area contributed by atoms with Crippen LogP contribution in [0, 0.1) is 11.3 Å². The van der Waals surface area contributed by atoms with E-state index in [0.29, 0.717) is 0 Å². The van der Waals surface area contributed by atoms with Crippen molar-refractivity contribution in [2.24, 2.45) is 0 Å². The maximum absolute atomic E-state index is 9.78. The number of fused-ring (bicyclic) bond motifs is 1. The molecule has 0 N–H and O–H groups in total. The molecule has 0 radical (unpaired) electrons. The Hall–Kier alpha value is -2.14. The van der Waals surface area contributed by atoms with Crippen molar-refractivity contribution < 1.29 is 4.57 Å². The van der Waals surface area contributed by atoms with E-state index in [1.807, 2.05) is 30.3 Å². The van der Waals surface area contributed by atoms with Gasteiger partial charge < -0.3 is 0 Å². The molecule has 0 saturated carbocycles. The Bertz CT molecular complexity index is 598. The van der Waals surface area contributed by atoms with Crippen LogP contribution in [0.1, 0.15) is 24.1 Å². The molecule has 88 valence electrons. The lowest BCUT2D eigenvalue weighted by Gasteiger charge is -2.28. The summed E-state index contributed by atoms with van der Waals surface area (Å²) >= 11 is 0. The van der Waals surface area contributed by atoms with Crippen molar-refractivity contribution >= 4 is 0 Å². The number of pyridine rings is 1. The van der Waals surface area contributed by atoms with Crippen LogP contribution in [0.15, 0.2) is 54.7 Å². The van der Waals surface area contributed by atoms with Crippen LogP contribution in [0.4, 0.5) is 0 Å². The minimum atomic E-state index is -0.485. The molecule has 1 aromatic carbocycles. The standard InChI is InChI=1S/C16H15N2/c17-13-16(14-7-2-1-3-8-14)10-6-12-18-11-5-4-9-15(16)18/h1-5,7-9,11H,6,10,12H2/q+1. The highest BCUT2D eigenvalue weighted by Crippen LogP contribution is 2.36. The summed E-state index contributed by atoms with van der Waals surface area (Å²) in [6, 6.07) is 18.8. The summed E-state index contributed by atoms with van der Waals surface area (Å²) in [7, 11) is 0. The van der Waals surface area contributed by atoms with Crippen molar-refractivity contribution in [3.05, 3.63) is 66.0 Å². The quantitative estimate of drug-likeness (QED) is 0.698. The summed E-state index contributed by atoms with van der Waals surface area (Å²) in [5, 5.41) is 9.78. The van der Waals surface area contributed by atoms with Gasteiger partial charge in [-0.25, -0.2) is 4.57 Å². The molecule has 3 rings (SSSR count). The highest BCUT2D eigenvalue weighted by atomic mass is 15.0. The van der Waals surface area contributed by atoms with Crippen molar-refractivity contribution in [3.63, 3.8) is 0 Å². The van der Waals surface area contributed by atoms with E-state index < -0.39 is 5.41 Å². The zero-order valence-electron chi connectivity index (χ0n) is 10.2. The van der Waals surface area contributed by atoms with Crippen LogP contribution >= 0.6 is 0 Å². The van der Waals surface area contributed by atoms with Gasteiger partial charge in [-0.2, -0.15) is 5.26 Å². The molecule has 1 aliphatic rings. The number of hydrogen-bond donors (Lipinski definition) is 0. The first-order chi connectivity index (χ1) is 8.87. The SMILES string of the molecule is N#CC1(c2ccccc2)CCC[n+]2ccccc21. The highest BCUT2D eigenvalue weighted by Gasteiger charge is 2.44. The normalized spacial score (nSPS) is 21.9. The third kappa shape index (κ3) is 1.52. The molecule has 0 saturated heterocycles. The molecular weight excluding hydrogens is 220 g/mol. The monoisotopic (exact) mass is 235 g/mol. The summed E-state index contributed by atoms with van der Waals surface area (Å²) in [6.07, 6.45) is 4.02. The van der Waals surface area contributed by atoms with Crippen LogP contribution < -0.4 is 4.57 Å². The lowest BCUT2D eigenvalue weighted by molar-refractivity contribution is -0.712. The fourth-order valence-corrected chi connectivity index (χ4v) is 2.89. The predicted octanol–water partition coefficient (Wildman–Crippen LogP) is 2.58. The molecule has 0 fully saturated rings. The molecule has 1 aliphatic heterocycles. The van der Waals surface area contributed by atoms with Crippen LogP contribution in [0.5, 0.6) is 0 Å². The minimum absolute atomic E-state index is 0.485. The van der Waals surface area contributed by atoms with Crippen LogP contribution in [-0.4, -0.2) is 0 Å². The van der Waals surface area contributed by atoms with E-state index in [2.05, 4.69) is 35.0 Å². The average molecular weight is 235 g/mol. The number of aromatic nitrogens is 1. The molecule has 2 heteroatoms. The number of nitriles is 1. The summed E-state index contributed by atoms with van der Waals surface area (Å²) in [5.74, 6) is 0. The second kappa shape index (κ2) is 4.27. The Labute approximate surface area is 107 Å². The smallest absolute Gasteiger partial charge is 0.201 e. The highest BCUT2D eigenvalue weighted by molar-refractivity contribution is 5.41. The van der Waals surface area contributed by atoms with Crippen LogP contribution in [0.2, 0.25) is 0 Å². The van der Waals surface area contributed by atoms with Crippen molar-refractivity contribution in [3.8, 4) is 6.07 Å². The van der Waals surface area contributed by atoms with Gasteiger partial charge in [-0.15, -0.1) is 0 Å². The van der Waals surface area contributed by atoms with Crippen molar-refractivity contribution in [2.45, 2.75) is 24.8 Å². The van der Waals surface area contributed by atoms with Crippen molar-refractivity contribution in [2.75, 3.05) is 0 Å². The molecule has 1 atom stereocenters.